The van der Waals surface area contributed by atoms with Crippen LogP contribution in [0.5, 0.6) is 5.75 Å². The Morgan fingerprint density at radius 1 is 0.548 bits per heavy atom. The molecule has 5 atom stereocenters. The fraction of sp³-hybridized carbons (Fsp3) is 0.394. The largest absolute Gasteiger partial charge is 0.508 e. The summed E-state index contributed by atoms with van der Waals surface area (Å²) in [5.74, 6) is -6.71. The van der Waals surface area contributed by atoms with Crippen molar-refractivity contribution in [1.82, 2.24) is 26.2 Å². The predicted octanol–water partition coefficient (Wildman–Crippen LogP) is 8.78. The highest BCUT2D eigenvalue weighted by atomic mass is 16.6. The minimum Gasteiger partial charge on any atom is -0.508 e. The maximum Gasteiger partial charge on any atom is 0.408 e. The number of carbonyl (C=O) groups is 9. The summed E-state index contributed by atoms with van der Waals surface area (Å²) in [7, 11) is 0. The number of nitrogens with zero attached hydrogens (tertiary/aromatic N) is 3. The molecule has 6 N–H and O–H groups in total. The molecule has 2 heterocycles. The van der Waals surface area contributed by atoms with Crippen molar-refractivity contribution in [2.75, 3.05) is 5.32 Å². The summed E-state index contributed by atoms with van der Waals surface area (Å²) < 4.78 is 21.9. The van der Waals surface area contributed by atoms with Crippen LogP contribution in [-0.2, 0) is 83.2 Å². The molecule has 93 heavy (non-hydrogen) atoms. The Balaban J connectivity index is 1.12. The lowest BCUT2D eigenvalue weighted by atomic mass is 9.84. The van der Waals surface area contributed by atoms with Crippen LogP contribution < -0.4 is 26.6 Å². The summed E-state index contributed by atoms with van der Waals surface area (Å²) in [5.41, 5.74) is 0.881. The number of alkyl carbamates (subject to hydrolysis) is 1. The van der Waals surface area contributed by atoms with E-state index in [1.807, 2.05) is 60.7 Å². The molecular formula is C71H84N8O14. The molecule has 2 aliphatic rings. The normalized spacial score (nSPS) is 15.9. The molecule has 6 amide bonds. The van der Waals surface area contributed by atoms with Crippen LogP contribution in [-0.4, -0.2) is 122 Å². The third-order valence-corrected chi connectivity index (χ3v) is 14.3. The van der Waals surface area contributed by atoms with E-state index >= 15 is 4.79 Å². The number of amides is 6. The van der Waals surface area contributed by atoms with Crippen LogP contribution >= 0.6 is 0 Å². The van der Waals surface area contributed by atoms with Gasteiger partial charge in [-0.2, -0.15) is 0 Å². The monoisotopic (exact) mass is 1270 g/mol. The first-order chi connectivity index (χ1) is 43.8. The number of nitrogens with one attached hydrogen (secondary N) is 5. The van der Waals surface area contributed by atoms with Crippen molar-refractivity contribution in [3.63, 3.8) is 0 Å². The van der Waals surface area contributed by atoms with Crippen LogP contribution in [0.1, 0.15) is 130 Å². The molecular weight excluding hydrogens is 1190 g/mol. The summed E-state index contributed by atoms with van der Waals surface area (Å²) in [4.78, 5) is 138. The number of aliphatic imine (C=N–C) groups is 2. The fourth-order valence-electron chi connectivity index (χ4n) is 10.1. The van der Waals surface area contributed by atoms with Crippen LogP contribution in [0.15, 0.2) is 156 Å². The van der Waals surface area contributed by atoms with E-state index in [0.717, 1.165) is 11.1 Å². The number of rotatable bonds is 26. The van der Waals surface area contributed by atoms with Crippen LogP contribution in [0.2, 0.25) is 0 Å². The number of benzene rings is 5. The molecule has 5 aromatic rings. The Morgan fingerprint density at radius 3 is 1.57 bits per heavy atom. The smallest absolute Gasteiger partial charge is 0.408 e. The van der Waals surface area contributed by atoms with Crippen LogP contribution in [0.4, 0.5) is 10.5 Å². The summed E-state index contributed by atoms with van der Waals surface area (Å²) in [6, 6.07) is 34.9. The van der Waals surface area contributed by atoms with Gasteiger partial charge in [0.1, 0.15) is 53.3 Å². The standard InChI is InChI=1S/C71H84N8O14/c1-44(2)60(77-62(84)52(35-36-57(81)91-68(3,4)5)74-64(86)55(39-59(83)93-70(9,10)11)76-67(89)90-43-48-25-19-14-20-26-48)65(87)75-54(38-58(82)92-69(6,7)8)63(85)72-50-31-27-47(28-32-50)41-71(40-46-23-17-13-18-24-46)66(88)79-42-56(49-29-33-51(80)34-30-49)73-53(61(79)78-71)37-45-21-15-12-16-22-45/h12-34,42,44,52,54-55,60,80H,35-41,43H2,1-11H3,(H,72,85)(H,74,86)(H,75,87)(H,76,89)(H,77,84)/t52-,54+,55-,60+,71?/m0/s1. The molecule has 0 aromatic heterocycles. The molecule has 0 bridgehead atoms. The number of phenolic OH excluding ortho intramolecular Hbond substituents is 1. The van der Waals surface area contributed by atoms with Gasteiger partial charge in [0.2, 0.25) is 23.6 Å². The zero-order chi connectivity index (χ0) is 67.8. The van der Waals surface area contributed by atoms with Gasteiger partial charge in [-0.05, 0) is 133 Å². The number of amidine groups is 1. The molecule has 0 spiro atoms. The molecule has 492 valence electrons. The average molecular weight is 1270 g/mol. The molecule has 22 nitrogen and oxygen atoms in total. The molecule has 0 saturated carbocycles. The summed E-state index contributed by atoms with van der Waals surface area (Å²) in [5, 5.41) is 23.1. The van der Waals surface area contributed by atoms with Crippen molar-refractivity contribution in [2.45, 2.75) is 174 Å². The van der Waals surface area contributed by atoms with Gasteiger partial charge in [0.05, 0.1) is 24.3 Å². The van der Waals surface area contributed by atoms with Gasteiger partial charge in [-0.25, -0.2) is 14.8 Å². The molecule has 0 fully saturated rings. The molecule has 22 heteroatoms. The number of ether oxygens (including phenoxy) is 4. The van der Waals surface area contributed by atoms with Crippen LogP contribution in [0.25, 0.3) is 5.70 Å². The average Bonchev–Trinajstić information content (AvgIpc) is 1.59. The van der Waals surface area contributed by atoms with Crippen molar-refractivity contribution in [1.29, 1.82) is 0 Å². The molecule has 0 saturated heterocycles. The summed E-state index contributed by atoms with van der Waals surface area (Å²) >= 11 is 0. The van der Waals surface area contributed by atoms with Gasteiger partial charge < -0.3 is 50.6 Å². The number of fused-ring (bicyclic) bond motifs is 1. The summed E-state index contributed by atoms with van der Waals surface area (Å²) in [6.07, 6.45) is -0.849. The highest BCUT2D eigenvalue weighted by Crippen LogP contribution is 2.36. The molecule has 7 rings (SSSR count). The number of hydrogen-bond donors (Lipinski definition) is 6. The van der Waals surface area contributed by atoms with Crippen LogP contribution in [0, 0.1) is 5.92 Å². The van der Waals surface area contributed by atoms with E-state index in [-0.39, 0.29) is 43.2 Å². The van der Waals surface area contributed by atoms with E-state index in [4.69, 9.17) is 28.9 Å². The lowest BCUT2D eigenvalue weighted by Crippen LogP contribution is -2.59. The van der Waals surface area contributed by atoms with Gasteiger partial charge in [-0.3, -0.25) is 43.3 Å². The lowest BCUT2D eigenvalue weighted by Gasteiger charge is -2.28. The van der Waals surface area contributed by atoms with Crippen LogP contribution in [0.3, 0.4) is 0 Å². The van der Waals surface area contributed by atoms with E-state index in [0.29, 0.717) is 40.4 Å². The molecule has 5 aromatic carbocycles. The third kappa shape index (κ3) is 21.6. The van der Waals surface area contributed by atoms with Gasteiger partial charge in [0.25, 0.3) is 5.91 Å². The number of hydrogen-bond acceptors (Lipinski definition) is 16. The number of carbonyl (C=O) groups excluding carboxylic acids is 9. The molecule has 1 unspecified atom stereocenters. The quantitative estimate of drug-likeness (QED) is 0.0223. The van der Waals surface area contributed by atoms with E-state index < -0.39 is 119 Å². The lowest BCUT2D eigenvalue weighted by molar-refractivity contribution is -0.157. The SMILES string of the molecule is CC(C)[C@@H](NC(=O)[C@H](CCC(=O)OC(C)(C)C)NC(=O)[C@H](CC(=O)OC(C)(C)C)NC(=O)OCc1ccccc1)C(=O)N[C@H](CC(=O)OC(C)(C)C)C(=O)Nc1ccc(CC2(Cc3ccccc3)N=C3C(Cc4ccccc4)=NC(c4ccc(O)cc4)=CN3C2=O)cc1. The second-order valence-corrected chi connectivity index (χ2v) is 26.3. The first-order valence-electron chi connectivity index (χ1n) is 30.8. The molecule has 0 aliphatic carbocycles. The van der Waals surface area contributed by atoms with Gasteiger partial charge in [-0.15, -0.1) is 0 Å². The highest BCUT2D eigenvalue weighted by Gasteiger charge is 2.50. The molecule has 0 radical (unpaired) electrons. The van der Waals surface area contributed by atoms with Crippen molar-refractivity contribution in [3.8, 4) is 5.75 Å². The fourth-order valence-corrected chi connectivity index (χ4v) is 10.1. The van der Waals surface area contributed by atoms with Crippen molar-refractivity contribution in [3.05, 3.63) is 174 Å². The third-order valence-electron chi connectivity index (χ3n) is 14.3. The number of esters is 3. The zero-order valence-corrected chi connectivity index (χ0v) is 54.5. The van der Waals surface area contributed by atoms with Crippen molar-refractivity contribution < 1.29 is 67.2 Å². The van der Waals surface area contributed by atoms with E-state index in [9.17, 15) is 43.5 Å². The van der Waals surface area contributed by atoms with Gasteiger partial charge in [0, 0.05) is 43.1 Å². The minimum absolute atomic E-state index is 0.0797. The first kappa shape index (κ1) is 70.5. The maximum absolute atomic E-state index is 15.2. The number of anilines is 1. The van der Waals surface area contributed by atoms with Gasteiger partial charge in [0.15, 0.2) is 11.4 Å². The van der Waals surface area contributed by atoms with E-state index in [2.05, 4.69) is 26.6 Å². The maximum atomic E-state index is 15.2. The zero-order valence-electron chi connectivity index (χ0n) is 54.5. The van der Waals surface area contributed by atoms with Crippen molar-refractivity contribution >= 4 is 76.5 Å². The minimum atomic E-state index is -1.67. The molecule has 2 aliphatic heterocycles. The Hall–Kier alpha value is -9.99. The topological polar surface area (TPSA) is 299 Å². The highest BCUT2D eigenvalue weighted by molar-refractivity contribution is 6.47. The second-order valence-electron chi connectivity index (χ2n) is 26.3. The second kappa shape index (κ2) is 30.9. The van der Waals surface area contributed by atoms with Gasteiger partial charge >= 0.3 is 24.0 Å². The Kier molecular flexibility index (Phi) is 23.4. The van der Waals surface area contributed by atoms with Crippen molar-refractivity contribution in [2.24, 2.45) is 15.9 Å². The Labute approximate surface area is 542 Å². The summed E-state index contributed by atoms with van der Waals surface area (Å²) in [6.45, 7) is 17.7. The Morgan fingerprint density at radius 2 is 1.03 bits per heavy atom. The predicted molar refractivity (Wildman–Crippen MR) is 350 cm³/mol. The Bertz CT molecular complexity index is 3590. The first-order valence-corrected chi connectivity index (χ1v) is 30.8. The van der Waals surface area contributed by atoms with E-state index in [1.54, 1.807) is 166 Å². The number of phenols is 1. The van der Waals surface area contributed by atoms with E-state index in [1.165, 1.54) is 0 Å². The number of aromatic hydroxyl groups is 1. The van der Waals surface area contributed by atoms with Gasteiger partial charge in [-0.1, -0.05) is 117 Å².